The molecule has 0 saturated carbocycles. The molecule has 0 aliphatic carbocycles. The molecule has 0 aromatic heterocycles. The van der Waals surface area contributed by atoms with E-state index in [1.54, 1.807) is 18.2 Å². The Balaban J connectivity index is 2.25. The fourth-order valence-electron chi connectivity index (χ4n) is 2.12. The topological polar surface area (TPSA) is 82.3 Å². The van der Waals surface area contributed by atoms with Gasteiger partial charge in [-0.15, -0.1) is 0 Å². The van der Waals surface area contributed by atoms with Crippen molar-refractivity contribution in [2.24, 2.45) is 0 Å². The van der Waals surface area contributed by atoms with Crippen LogP contribution in [0.3, 0.4) is 0 Å². The number of nitriles is 1. The first-order valence-corrected chi connectivity index (χ1v) is 7.32. The molecular weight excluding hydrogens is 304 g/mol. The third kappa shape index (κ3) is 3.93. The number of amides is 1. The Hall–Kier alpha value is -3.26. The monoisotopic (exact) mass is 322 g/mol. The highest BCUT2D eigenvalue weighted by Crippen LogP contribution is 2.27. The van der Waals surface area contributed by atoms with Crippen molar-refractivity contribution in [2.45, 2.75) is 13.8 Å². The third-order valence-electron chi connectivity index (χ3n) is 3.64. The van der Waals surface area contributed by atoms with Crippen molar-refractivity contribution in [2.75, 3.05) is 12.4 Å². The highest BCUT2D eigenvalue weighted by molar-refractivity contribution is 6.09. The Kier molecular flexibility index (Phi) is 5.23. The van der Waals surface area contributed by atoms with Gasteiger partial charge in [0.05, 0.1) is 7.11 Å². The van der Waals surface area contributed by atoms with Crippen molar-refractivity contribution in [1.82, 2.24) is 0 Å². The van der Waals surface area contributed by atoms with Gasteiger partial charge in [-0.05, 0) is 60.9 Å². The lowest BCUT2D eigenvalue weighted by atomic mass is 10.1. The number of rotatable bonds is 4. The fourth-order valence-corrected chi connectivity index (χ4v) is 2.12. The normalized spacial score (nSPS) is 10.8. The molecule has 5 nitrogen and oxygen atoms in total. The predicted molar refractivity (Wildman–Crippen MR) is 92.8 cm³/mol. The van der Waals surface area contributed by atoms with Gasteiger partial charge in [0, 0.05) is 5.69 Å². The first-order chi connectivity index (χ1) is 11.4. The number of nitrogens with one attached hydrogen (secondary N) is 1. The van der Waals surface area contributed by atoms with E-state index in [1.807, 2.05) is 32.0 Å². The summed E-state index contributed by atoms with van der Waals surface area (Å²) in [4.78, 5) is 12.3. The Morgan fingerprint density at radius 2 is 1.96 bits per heavy atom. The van der Waals surface area contributed by atoms with Gasteiger partial charge in [-0.2, -0.15) is 5.26 Å². The summed E-state index contributed by atoms with van der Waals surface area (Å²) in [5.41, 5.74) is 3.35. The summed E-state index contributed by atoms with van der Waals surface area (Å²) in [6.07, 6.45) is 1.44. The van der Waals surface area contributed by atoms with Crippen LogP contribution in [0.15, 0.2) is 42.0 Å². The molecule has 122 valence electrons. The minimum Gasteiger partial charge on any atom is -0.504 e. The molecule has 0 saturated heterocycles. The molecule has 0 radical (unpaired) electrons. The molecule has 0 aliphatic rings. The quantitative estimate of drug-likeness (QED) is 0.666. The zero-order valence-corrected chi connectivity index (χ0v) is 13.8. The van der Waals surface area contributed by atoms with Crippen LogP contribution in [0.25, 0.3) is 6.08 Å². The molecule has 2 N–H and O–H groups in total. The van der Waals surface area contributed by atoms with E-state index in [-0.39, 0.29) is 17.1 Å². The Morgan fingerprint density at radius 3 is 2.58 bits per heavy atom. The van der Waals surface area contributed by atoms with Crippen molar-refractivity contribution in [3.8, 4) is 17.6 Å². The number of benzene rings is 2. The number of anilines is 1. The standard InChI is InChI=1S/C19H18N2O3/c1-12-4-6-16(8-13(12)2)21-19(23)15(11-20)9-14-5-7-17(22)18(10-14)24-3/h4-10,22H,1-3H3,(H,21,23). The summed E-state index contributed by atoms with van der Waals surface area (Å²) in [5.74, 6) is -0.226. The maximum Gasteiger partial charge on any atom is 0.266 e. The average Bonchev–Trinajstić information content (AvgIpc) is 2.57. The van der Waals surface area contributed by atoms with E-state index in [0.717, 1.165) is 11.1 Å². The molecule has 1 amide bonds. The van der Waals surface area contributed by atoms with E-state index in [1.165, 1.54) is 19.3 Å². The summed E-state index contributed by atoms with van der Waals surface area (Å²) in [6.45, 7) is 3.94. The van der Waals surface area contributed by atoms with Gasteiger partial charge in [-0.1, -0.05) is 12.1 Å². The molecule has 2 rings (SSSR count). The van der Waals surface area contributed by atoms with Gasteiger partial charge in [-0.3, -0.25) is 4.79 Å². The molecule has 0 fully saturated rings. The lowest BCUT2D eigenvalue weighted by molar-refractivity contribution is -0.112. The SMILES string of the molecule is COc1cc(C=C(C#N)C(=O)Nc2ccc(C)c(C)c2)ccc1O. The maximum absolute atomic E-state index is 12.3. The summed E-state index contributed by atoms with van der Waals surface area (Å²) < 4.78 is 5.02. The summed E-state index contributed by atoms with van der Waals surface area (Å²) >= 11 is 0. The predicted octanol–water partition coefficient (Wildman–Crippen LogP) is 3.56. The fraction of sp³-hybridized carbons (Fsp3) is 0.158. The molecule has 0 aliphatic heterocycles. The summed E-state index contributed by atoms with van der Waals surface area (Å²) in [5, 5.41) is 21.6. The highest BCUT2D eigenvalue weighted by Gasteiger charge is 2.11. The number of phenolic OH excluding ortho intramolecular Hbond substituents is 1. The number of ether oxygens (including phenoxy) is 1. The zero-order chi connectivity index (χ0) is 17.7. The van der Waals surface area contributed by atoms with E-state index >= 15 is 0 Å². The lowest BCUT2D eigenvalue weighted by Crippen LogP contribution is -2.13. The van der Waals surface area contributed by atoms with Gasteiger partial charge in [0.1, 0.15) is 11.6 Å². The van der Waals surface area contributed by atoms with Crippen molar-refractivity contribution >= 4 is 17.7 Å². The van der Waals surface area contributed by atoms with E-state index in [9.17, 15) is 15.2 Å². The first kappa shape index (κ1) is 17.1. The van der Waals surface area contributed by atoms with Crippen LogP contribution in [0.5, 0.6) is 11.5 Å². The van der Waals surface area contributed by atoms with Crippen LogP contribution in [0.1, 0.15) is 16.7 Å². The van der Waals surface area contributed by atoms with Crippen molar-refractivity contribution in [3.63, 3.8) is 0 Å². The van der Waals surface area contributed by atoms with Gasteiger partial charge in [-0.25, -0.2) is 0 Å². The number of aromatic hydroxyl groups is 1. The number of aryl methyl sites for hydroxylation is 2. The molecule has 0 unspecified atom stereocenters. The molecular formula is C19H18N2O3. The minimum atomic E-state index is -0.493. The number of carbonyl (C=O) groups excluding carboxylic acids is 1. The van der Waals surface area contributed by atoms with Gasteiger partial charge in [0.2, 0.25) is 0 Å². The third-order valence-corrected chi connectivity index (χ3v) is 3.64. The van der Waals surface area contributed by atoms with E-state index in [4.69, 9.17) is 4.74 Å². The van der Waals surface area contributed by atoms with Crippen molar-refractivity contribution < 1.29 is 14.6 Å². The Morgan fingerprint density at radius 1 is 1.21 bits per heavy atom. The molecule has 5 heteroatoms. The van der Waals surface area contributed by atoms with E-state index in [2.05, 4.69) is 5.32 Å². The minimum absolute atomic E-state index is 0.00672. The molecule has 24 heavy (non-hydrogen) atoms. The van der Waals surface area contributed by atoms with Gasteiger partial charge < -0.3 is 15.2 Å². The van der Waals surface area contributed by atoms with Crippen molar-refractivity contribution in [1.29, 1.82) is 5.26 Å². The van der Waals surface area contributed by atoms with Gasteiger partial charge >= 0.3 is 0 Å². The van der Waals surface area contributed by atoms with E-state index in [0.29, 0.717) is 11.3 Å². The van der Waals surface area contributed by atoms with Gasteiger partial charge in [0.15, 0.2) is 11.5 Å². The second kappa shape index (κ2) is 7.34. The van der Waals surface area contributed by atoms with Crippen LogP contribution in [0.2, 0.25) is 0 Å². The number of phenols is 1. The summed E-state index contributed by atoms with van der Waals surface area (Å²) in [7, 11) is 1.43. The van der Waals surface area contributed by atoms with Gasteiger partial charge in [0.25, 0.3) is 5.91 Å². The second-order valence-electron chi connectivity index (χ2n) is 5.35. The molecule has 0 bridgehead atoms. The van der Waals surface area contributed by atoms with Crippen LogP contribution >= 0.6 is 0 Å². The number of methoxy groups -OCH3 is 1. The smallest absolute Gasteiger partial charge is 0.266 e. The average molecular weight is 322 g/mol. The van der Waals surface area contributed by atoms with Crippen LogP contribution in [-0.4, -0.2) is 18.1 Å². The van der Waals surface area contributed by atoms with Crippen LogP contribution in [0.4, 0.5) is 5.69 Å². The Labute approximate surface area is 140 Å². The molecule has 0 heterocycles. The number of nitrogens with zero attached hydrogens (tertiary/aromatic N) is 1. The first-order valence-electron chi connectivity index (χ1n) is 7.32. The van der Waals surface area contributed by atoms with Crippen LogP contribution in [-0.2, 0) is 4.79 Å². The molecule has 0 atom stereocenters. The number of hydrogen-bond donors (Lipinski definition) is 2. The largest absolute Gasteiger partial charge is 0.504 e. The van der Waals surface area contributed by atoms with Crippen molar-refractivity contribution in [3.05, 3.63) is 58.7 Å². The molecule has 2 aromatic rings. The maximum atomic E-state index is 12.3. The van der Waals surface area contributed by atoms with E-state index < -0.39 is 5.91 Å². The Bertz CT molecular complexity index is 848. The zero-order valence-electron chi connectivity index (χ0n) is 13.8. The molecule has 2 aromatic carbocycles. The second-order valence-corrected chi connectivity index (χ2v) is 5.35. The number of hydrogen-bond acceptors (Lipinski definition) is 4. The summed E-state index contributed by atoms with van der Waals surface area (Å²) in [6, 6.07) is 12.0. The van der Waals surface area contributed by atoms with Crippen LogP contribution in [0, 0.1) is 25.2 Å². The van der Waals surface area contributed by atoms with Crippen LogP contribution < -0.4 is 10.1 Å². The lowest BCUT2D eigenvalue weighted by Gasteiger charge is -2.07. The number of carbonyl (C=O) groups is 1. The highest BCUT2D eigenvalue weighted by atomic mass is 16.5. The molecule has 0 spiro atoms.